The Morgan fingerprint density at radius 1 is 0.432 bits per heavy atom. The second kappa shape index (κ2) is 13.6. The van der Waals surface area contributed by atoms with Crippen molar-refractivity contribution in [1.29, 1.82) is 0 Å². The maximum atomic E-state index is 10.4. The average molecular weight is 651 g/mol. The number of pyridine rings is 4. The molecule has 0 amide bonds. The van der Waals surface area contributed by atoms with Gasteiger partial charge in [0.1, 0.15) is 10.1 Å². The molecule has 0 atom stereocenters. The number of aryl methyl sites for hydroxylation is 5. The Labute approximate surface area is 267 Å². The summed E-state index contributed by atoms with van der Waals surface area (Å²) in [5.74, 6) is 0. The SMILES string of the molecule is Cc1ccc(S(=O)(=O)[O-])cc1.Cc1ccc2ccc3ccc(C)nc3c2n1.Cc1ccc2ccc3ccc(C)nc3c2n1.[Cu+]. The van der Waals surface area contributed by atoms with Crippen molar-refractivity contribution in [2.75, 3.05) is 0 Å². The first-order chi connectivity index (χ1) is 20.5. The fourth-order valence-corrected chi connectivity index (χ4v) is 5.10. The molecule has 0 radical (unpaired) electrons. The molecule has 0 aliphatic rings. The molecular weight excluding hydrogens is 620 g/mol. The number of fused-ring (bicyclic) bond motifs is 6. The van der Waals surface area contributed by atoms with Gasteiger partial charge in [-0.1, -0.05) is 66.2 Å². The third-order valence-corrected chi connectivity index (χ3v) is 7.76. The Morgan fingerprint density at radius 3 is 0.932 bits per heavy atom. The molecule has 0 spiro atoms. The van der Waals surface area contributed by atoms with Crippen LogP contribution in [-0.2, 0) is 27.2 Å². The van der Waals surface area contributed by atoms with Gasteiger partial charge in [-0.3, -0.25) is 19.9 Å². The van der Waals surface area contributed by atoms with Crippen molar-refractivity contribution >= 4 is 53.7 Å². The number of nitrogens with zero attached hydrogens (tertiary/aromatic N) is 4. The Kier molecular flexibility index (Phi) is 10.1. The molecule has 0 N–H and O–H groups in total. The summed E-state index contributed by atoms with van der Waals surface area (Å²) in [5.41, 5.74) is 9.06. The van der Waals surface area contributed by atoms with Gasteiger partial charge in [0, 0.05) is 44.3 Å². The van der Waals surface area contributed by atoms with Gasteiger partial charge in [-0.05, 0) is 71.0 Å². The van der Waals surface area contributed by atoms with E-state index in [2.05, 4.69) is 68.5 Å². The Balaban J connectivity index is 0.000000152. The van der Waals surface area contributed by atoms with Crippen LogP contribution in [0.4, 0.5) is 0 Å². The largest absolute Gasteiger partial charge is 1.00 e. The standard InChI is InChI=1S/2C14H12N2.C7H8O3S.Cu/c2*1-9-3-5-11-7-8-12-6-4-10(2)16-14(12)13(11)15-9;1-6-2-4-7(5-3-6)11(8,9)10;/h2*3-8H,1-2H3;2-5H,1H3,(H,8,9,10);/q;;;+1/p-1. The Morgan fingerprint density at radius 2 is 0.682 bits per heavy atom. The molecule has 7 aromatic rings. The summed E-state index contributed by atoms with van der Waals surface area (Å²) in [7, 11) is -4.27. The number of benzene rings is 3. The zero-order chi connectivity index (χ0) is 30.7. The van der Waals surface area contributed by atoms with Crippen LogP contribution in [0.5, 0.6) is 0 Å². The van der Waals surface area contributed by atoms with Gasteiger partial charge in [-0.25, -0.2) is 8.42 Å². The summed E-state index contributed by atoms with van der Waals surface area (Å²) >= 11 is 0. The van der Waals surface area contributed by atoms with Crippen LogP contribution < -0.4 is 0 Å². The number of aromatic nitrogens is 4. The molecule has 0 saturated carbocycles. The molecule has 0 unspecified atom stereocenters. The van der Waals surface area contributed by atoms with Crippen LogP contribution in [0.2, 0.25) is 0 Å². The van der Waals surface area contributed by atoms with E-state index in [4.69, 9.17) is 0 Å². The minimum absolute atomic E-state index is 0. The second-order valence-corrected chi connectivity index (χ2v) is 11.9. The molecule has 226 valence electrons. The number of hydrogen-bond donors (Lipinski definition) is 0. The van der Waals surface area contributed by atoms with Gasteiger partial charge in [0.2, 0.25) is 0 Å². The molecule has 7 nitrogen and oxygen atoms in total. The molecule has 4 aromatic heterocycles. The second-order valence-electron chi connectivity index (χ2n) is 10.5. The minimum atomic E-state index is -4.27. The Bertz CT molecular complexity index is 1980. The maximum absolute atomic E-state index is 10.4. The molecule has 3 aromatic carbocycles. The van der Waals surface area contributed by atoms with Crippen molar-refractivity contribution in [2.24, 2.45) is 0 Å². The van der Waals surface area contributed by atoms with Crippen LogP contribution in [-0.4, -0.2) is 32.9 Å². The van der Waals surface area contributed by atoms with E-state index in [1.54, 1.807) is 12.1 Å². The molecule has 0 fully saturated rings. The molecule has 9 heteroatoms. The van der Waals surface area contributed by atoms with Gasteiger partial charge in [0.25, 0.3) is 0 Å². The minimum Gasteiger partial charge on any atom is -0.744 e. The molecule has 0 bridgehead atoms. The molecular formula is C35H31CuN4O3S. The first-order valence-corrected chi connectivity index (χ1v) is 15.2. The topological polar surface area (TPSA) is 109 Å². The van der Waals surface area contributed by atoms with E-state index in [0.717, 1.165) is 72.0 Å². The van der Waals surface area contributed by atoms with Gasteiger partial charge in [0.15, 0.2) is 0 Å². The molecule has 44 heavy (non-hydrogen) atoms. The molecule has 0 aliphatic carbocycles. The van der Waals surface area contributed by atoms with Crippen LogP contribution in [0.15, 0.2) is 102 Å². The summed E-state index contributed by atoms with van der Waals surface area (Å²) in [6.07, 6.45) is 0. The van der Waals surface area contributed by atoms with Crippen molar-refractivity contribution in [3.8, 4) is 0 Å². The van der Waals surface area contributed by atoms with E-state index in [1.165, 1.54) is 12.1 Å². The maximum Gasteiger partial charge on any atom is 1.00 e. The fraction of sp³-hybridized carbons (Fsp3) is 0.143. The summed E-state index contributed by atoms with van der Waals surface area (Å²) in [6.45, 7) is 9.85. The average Bonchev–Trinajstić information content (AvgIpc) is 2.97. The quantitative estimate of drug-likeness (QED) is 0.102. The van der Waals surface area contributed by atoms with Crippen LogP contribution in [0.3, 0.4) is 0 Å². The number of rotatable bonds is 1. The molecule has 4 heterocycles. The van der Waals surface area contributed by atoms with E-state index >= 15 is 0 Å². The summed E-state index contributed by atoms with van der Waals surface area (Å²) in [4.78, 5) is 18.2. The third kappa shape index (κ3) is 7.62. The Hall–Kier alpha value is -4.27. The van der Waals surface area contributed by atoms with Crippen molar-refractivity contribution < 1.29 is 30.0 Å². The molecule has 0 saturated heterocycles. The van der Waals surface area contributed by atoms with Crippen LogP contribution >= 0.6 is 0 Å². The predicted octanol–water partition coefficient (Wildman–Crippen LogP) is 7.70. The van der Waals surface area contributed by atoms with Crippen LogP contribution in [0.1, 0.15) is 28.3 Å². The van der Waals surface area contributed by atoms with E-state index in [1.807, 2.05) is 58.9 Å². The third-order valence-electron chi connectivity index (χ3n) is 6.91. The van der Waals surface area contributed by atoms with Gasteiger partial charge >= 0.3 is 17.1 Å². The predicted molar refractivity (Wildman–Crippen MR) is 172 cm³/mol. The first kappa shape index (κ1) is 32.6. The summed E-state index contributed by atoms with van der Waals surface area (Å²) in [5, 5.41) is 4.60. The van der Waals surface area contributed by atoms with Gasteiger partial charge < -0.3 is 4.55 Å². The molecule has 7 rings (SSSR count). The van der Waals surface area contributed by atoms with Crippen molar-refractivity contribution in [3.63, 3.8) is 0 Å². The van der Waals surface area contributed by atoms with E-state index in [0.29, 0.717) is 0 Å². The van der Waals surface area contributed by atoms with Crippen LogP contribution in [0, 0.1) is 34.6 Å². The van der Waals surface area contributed by atoms with E-state index in [-0.39, 0.29) is 22.0 Å². The smallest absolute Gasteiger partial charge is 0.744 e. The van der Waals surface area contributed by atoms with Gasteiger partial charge in [-0.2, -0.15) is 0 Å². The number of hydrogen-bond acceptors (Lipinski definition) is 7. The zero-order valence-corrected chi connectivity index (χ0v) is 26.7. The summed E-state index contributed by atoms with van der Waals surface area (Å²) < 4.78 is 31.2. The van der Waals surface area contributed by atoms with E-state index < -0.39 is 10.1 Å². The zero-order valence-electron chi connectivity index (χ0n) is 25.0. The van der Waals surface area contributed by atoms with Gasteiger partial charge in [-0.15, -0.1) is 0 Å². The van der Waals surface area contributed by atoms with Gasteiger partial charge in [0.05, 0.1) is 27.0 Å². The fourth-order valence-electron chi connectivity index (χ4n) is 4.63. The molecule has 0 aliphatic heterocycles. The monoisotopic (exact) mass is 650 g/mol. The normalized spacial score (nSPS) is 11.0. The van der Waals surface area contributed by atoms with Crippen molar-refractivity contribution in [1.82, 2.24) is 19.9 Å². The van der Waals surface area contributed by atoms with Crippen LogP contribution in [0.25, 0.3) is 43.6 Å². The van der Waals surface area contributed by atoms with E-state index in [9.17, 15) is 13.0 Å². The van der Waals surface area contributed by atoms with Crippen molar-refractivity contribution in [2.45, 2.75) is 39.5 Å². The van der Waals surface area contributed by atoms with Crippen molar-refractivity contribution in [3.05, 3.63) is 125 Å². The summed E-state index contributed by atoms with van der Waals surface area (Å²) in [6, 6.07) is 30.7. The first-order valence-electron chi connectivity index (χ1n) is 13.8.